The molecule has 0 aliphatic rings. The summed E-state index contributed by atoms with van der Waals surface area (Å²) in [5.74, 6) is -1.48. The molecule has 5 aromatic rings. The maximum Gasteiger partial charge on any atom is 0.348 e. The van der Waals surface area contributed by atoms with Gasteiger partial charge >= 0.3 is 11.9 Å². The van der Waals surface area contributed by atoms with E-state index in [1.54, 1.807) is 30.3 Å². The highest BCUT2D eigenvalue weighted by Gasteiger charge is 2.49. The van der Waals surface area contributed by atoms with E-state index in [9.17, 15) is 38.4 Å². The van der Waals surface area contributed by atoms with Crippen molar-refractivity contribution in [2.75, 3.05) is 13.2 Å². The number of aliphatic hydroxyl groups excluding tert-OH is 2. The Bertz CT molecular complexity index is 2150. The summed E-state index contributed by atoms with van der Waals surface area (Å²) in [5, 5.41) is 44.5. The molecule has 3 atom stereocenters. The standard InChI is InChI=1S/C32H29ClN6O10S/c1-3-24(41)28(49-22(16-40)17-48-32(29(42)43,30(44)45)13-20-7-5-4-6-8-20)38-18-34-26-25(36-31(33)37-27(26)38)21-14-35-39(15-21)50(46,47)23-11-9-19(2)10-12-23/h1,4-12,14-15,18,22,24,28,40-41H,13,16-17H2,2H3,(H,42,43)(H,44,45)/t22-,24+,28+/m0/s1. The van der Waals surface area contributed by atoms with Crippen LogP contribution in [0.4, 0.5) is 0 Å². The molecule has 16 nitrogen and oxygen atoms in total. The van der Waals surface area contributed by atoms with E-state index in [-0.39, 0.29) is 32.6 Å². The Morgan fingerprint density at radius 2 is 1.76 bits per heavy atom. The van der Waals surface area contributed by atoms with Crippen molar-refractivity contribution in [2.24, 2.45) is 0 Å². The van der Waals surface area contributed by atoms with E-state index in [0.29, 0.717) is 5.56 Å². The molecule has 4 N–H and O–H groups in total. The number of aryl methyl sites for hydroxylation is 1. The summed E-state index contributed by atoms with van der Waals surface area (Å²) < 4.78 is 39.6. The molecule has 3 aromatic heterocycles. The molecule has 0 aliphatic heterocycles. The third kappa shape index (κ3) is 7.21. The second kappa shape index (κ2) is 14.7. The lowest BCUT2D eigenvalue weighted by molar-refractivity contribution is -0.195. The highest BCUT2D eigenvalue weighted by Crippen LogP contribution is 2.30. The number of nitrogens with zero attached hydrogens (tertiary/aromatic N) is 6. The third-order valence-corrected chi connectivity index (χ3v) is 9.27. The molecule has 3 heterocycles. The summed E-state index contributed by atoms with van der Waals surface area (Å²) in [5.41, 5.74) is -1.26. The Labute approximate surface area is 289 Å². The lowest BCUT2D eigenvalue weighted by atomic mass is 9.94. The number of aromatic nitrogens is 6. The van der Waals surface area contributed by atoms with Gasteiger partial charge < -0.3 is 29.9 Å². The molecule has 5 rings (SSSR count). The zero-order chi connectivity index (χ0) is 36.2. The van der Waals surface area contributed by atoms with Gasteiger partial charge in [0, 0.05) is 12.0 Å². The first-order chi connectivity index (χ1) is 23.8. The molecule has 18 heteroatoms. The number of carbonyl (C=O) groups is 2. The second-order valence-electron chi connectivity index (χ2n) is 10.9. The topological polar surface area (TPSA) is 229 Å². The monoisotopic (exact) mass is 724 g/mol. The second-order valence-corrected chi connectivity index (χ2v) is 13.1. The van der Waals surface area contributed by atoms with Gasteiger partial charge in [-0.3, -0.25) is 4.57 Å². The molecule has 50 heavy (non-hydrogen) atoms. The first-order valence-corrected chi connectivity index (χ1v) is 16.4. The van der Waals surface area contributed by atoms with Gasteiger partial charge in [0.15, 0.2) is 18.0 Å². The first kappa shape index (κ1) is 36.1. The minimum absolute atomic E-state index is 0.00240. The molecule has 260 valence electrons. The van der Waals surface area contributed by atoms with Crippen LogP contribution in [0.15, 0.2) is 78.2 Å². The molecule has 0 aliphatic carbocycles. The fraction of sp³-hybridized carbons (Fsp3) is 0.250. The molecule has 0 amide bonds. The normalized spacial score (nSPS) is 13.8. The van der Waals surface area contributed by atoms with Crippen LogP contribution in [-0.4, -0.2) is 101 Å². The third-order valence-electron chi connectivity index (χ3n) is 7.55. The van der Waals surface area contributed by atoms with Crippen molar-refractivity contribution in [2.45, 2.75) is 42.3 Å². The number of imidazole rings is 1. The van der Waals surface area contributed by atoms with Gasteiger partial charge in [-0.1, -0.05) is 53.9 Å². The van der Waals surface area contributed by atoms with Crippen LogP contribution in [0.25, 0.3) is 22.4 Å². The summed E-state index contributed by atoms with van der Waals surface area (Å²) in [6.45, 7) is 0.229. The van der Waals surface area contributed by atoms with E-state index in [2.05, 4.69) is 26.0 Å². The summed E-state index contributed by atoms with van der Waals surface area (Å²) in [6.07, 6.45) is 3.84. The molecule has 0 bridgehead atoms. The fourth-order valence-corrected chi connectivity index (χ4v) is 6.18. The van der Waals surface area contributed by atoms with Crippen molar-refractivity contribution in [1.82, 2.24) is 28.7 Å². The number of carboxylic acids is 2. The first-order valence-electron chi connectivity index (χ1n) is 14.6. The van der Waals surface area contributed by atoms with E-state index in [4.69, 9.17) is 27.5 Å². The van der Waals surface area contributed by atoms with Crippen molar-refractivity contribution in [1.29, 1.82) is 0 Å². The van der Waals surface area contributed by atoms with Gasteiger partial charge in [0.25, 0.3) is 15.6 Å². The molecule has 0 fully saturated rings. The maximum atomic E-state index is 13.2. The smallest absolute Gasteiger partial charge is 0.348 e. The minimum atomic E-state index is -4.07. The van der Waals surface area contributed by atoms with Crippen LogP contribution in [0.3, 0.4) is 0 Å². The number of terminal acetylenes is 1. The number of aliphatic hydroxyl groups is 2. The van der Waals surface area contributed by atoms with Crippen LogP contribution in [0.5, 0.6) is 0 Å². The van der Waals surface area contributed by atoms with E-state index in [0.717, 1.165) is 9.65 Å². The number of carboxylic acid groups (broad SMARTS) is 2. The number of fused-ring (bicyclic) bond motifs is 1. The van der Waals surface area contributed by atoms with Gasteiger partial charge in [0.05, 0.1) is 36.8 Å². The highest BCUT2D eigenvalue weighted by atomic mass is 35.5. The van der Waals surface area contributed by atoms with Crippen molar-refractivity contribution in [3.05, 3.63) is 89.7 Å². The number of ether oxygens (including phenoxy) is 2. The van der Waals surface area contributed by atoms with Gasteiger partial charge in [0.2, 0.25) is 5.28 Å². The van der Waals surface area contributed by atoms with E-state index >= 15 is 0 Å². The van der Waals surface area contributed by atoms with Crippen molar-refractivity contribution in [3.8, 4) is 23.6 Å². The maximum absolute atomic E-state index is 13.2. The zero-order valence-corrected chi connectivity index (χ0v) is 27.6. The molecule has 0 spiro atoms. The number of rotatable bonds is 15. The highest BCUT2D eigenvalue weighted by molar-refractivity contribution is 7.89. The minimum Gasteiger partial charge on any atom is -0.479 e. The number of benzene rings is 2. The molecule has 0 saturated carbocycles. The van der Waals surface area contributed by atoms with Gasteiger partial charge in [-0.25, -0.2) is 19.6 Å². The average Bonchev–Trinajstić information content (AvgIpc) is 3.76. The summed E-state index contributed by atoms with van der Waals surface area (Å²) in [4.78, 5) is 37.2. The van der Waals surface area contributed by atoms with Gasteiger partial charge in [-0.2, -0.15) is 22.6 Å². The van der Waals surface area contributed by atoms with Crippen LogP contribution in [-0.2, 0) is 35.5 Å². The Morgan fingerprint density at radius 1 is 1.08 bits per heavy atom. The van der Waals surface area contributed by atoms with Gasteiger partial charge in [-0.05, 0) is 36.2 Å². The van der Waals surface area contributed by atoms with E-state index in [1.807, 2.05) is 6.92 Å². The Kier molecular flexibility index (Phi) is 10.6. The molecule has 0 saturated heterocycles. The van der Waals surface area contributed by atoms with Gasteiger partial charge in [-0.15, -0.1) is 6.42 Å². The lowest BCUT2D eigenvalue weighted by Gasteiger charge is -2.30. The predicted octanol–water partition coefficient (Wildman–Crippen LogP) is 1.93. The molecular formula is C32H29ClN6O10S. The Hall–Kier alpha value is -5.22. The number of aliphatic carboxylic acids is 2. The zero-order valence-electron chi connectivity index (χ0n) is 26.1. The molecule has 0 unspecified atom stereocenters. The lowest BCUT2D eigenvalue weighted by Crippen LogP contribution is -2.52. The molecule has 0 radical (unpaired) electrons. The van der Waals surface area contributed by atoms with Crippen LogP contribution >= 0.6 is 11.6 Å². The summed E-state index contributed by atoms with van der Waals surface area (Å²) in [6, 6.07) is 14.1. The molecular weight excluding hydrogens is 696 g/mol. The van der Waals surface area contributed by atoms with Crippen LogP contribution in [0.1, 0.15) is 17.4 Å². The average molecular weight is 725 g/mol. The molecule has 2 aromatic carbocycles. The van der Waals surface area contributed by atoms with Crippen molar-refractivity contribution >= 4 is 44.7 Å². The van der Waals surface area contributed by atoms with Crippen LogP contribution in [0.2, 0.25) is 5.28 Å². The van der Waals surface area contributed by atoms with Crippen molar-refractivity contribution < 1.29 is 47.9 Å². The summed E-state index contributed by atoms with van der Waals surface area (Å²) in [7, 11) is -4.07. The number of hydrogen-bond donors (Lipinski definition) is 4. The van der Waals surface area contributed by atoms with E-state index < -0.39 is 65.6 Å². The fourth-order valence-electron chi connectivity index (χ4n) is 4.90. The SMILES string of the molecule is C#C[C@@H](O)[C@@H](O[C@@H](CO)COC(Cc1ccccc1)(C(=O)O)C(=O)O)n1cnc2c(-c3cnn(S(=O)(=O)c4ccc(C)cc4)c3)nc(Cl)nc21. The van der Waals surface area contributed by atoms with Crippen LogP contribution in [0, 0.1) is 19.3 Å². The quantitative estimate of drug-likeness (QED) is 0.0687. The van der Waals surface area contributed by atoms with Gasteiger partial charge in [0.1, 0.15) is 17.3 Å². The number of halogens is 1. The predicted molar refractivity (Wildman–Crippen MR) is 175 cm³/mol. The largest absolute Gasteiger partial charge is 0.479 e. The van der Waals surface area contributed by atoms with Crippen LogP contribution < -0.4 is 0 Å². The Balaban J connectivity index is 1.46. The number of hydrogen-bond acceptors (Lipinski definition) is 12. The van der Waals surface area contributed by atoms with Crippen molar-refractivity contribution in [3.63, 3.8) is 0 Å². The van der Waals surface area contributed by atoms with E-state index in [1.165, 1.54) is 47.6 Å². The Morgan fingerprint density at radius 3 is 2.38 bits per heavy atom. The summed E-state index contributed by atoms with van der Waals surface area (Å²) >= 11 is 6.26.